The summed E-state index contributed by atoms with van der Waals surface area (Å²) in [5.74, 6) is -0.645. The van der Waals surface area contributed by atoms with E-state index in [2.05, 4.69) is 0 Å². The minimum atomic E-state index is -3.13. The number of alkyl halides is 1. The van der Waals surface area contributed by atoms with Crippen molar-refractivity contribution in [3.63, 3.8) is 0 Å². The highest BCUT2D eigenvalue weighted by molar-refractivity contribution is 7.91. The Kier molecular flexibility index (Phi) is 5.40. The Morgan fingerprint density at radius 3 is 2.56 bits per heavy atom. The Bertz CT molecular complexity index is 422. The number of amides is 1. The van der Waals surface area contributed by atoms with Gasteiger partial charge in [-0.05, 0) is 13.3 Å². The van der Waals surface area contributed by atoms with Crippen molar-refractivity contribution in [2.24, 2.45) is 0 Å². The van der Waals surface area contributed by atoms with Gasteiger partial charge in [0.15, 0.2) is 15.6 Å². The van der Waals surface area contributed by atoms with Gasteiger partial charge in [-0.1, -0.05) is 0 Å². The van der Waals surface area contributed by atoms with E-state index in [-0.39, 0.29) is 36.3 Å². The number of hydrogen-bond donors (Lipinski definition) is 0. The fraction of sp³-hybridized carbons (Fsp3) is 0.800. The summed E-state index contributed by atoms with van der Waals surface area (Å²) in [7, 11) is -3.13. The zero-order valence-electron chi connectivity index (χ0n) is 10.1. The van der Waals surface area contributed by atoms with Gasteiger partial charge in [-0.2, -0.15) is 0 Å². The second kappa shape index (κ2) is 6.38. The highest BCUT2D eigenvalue weighted by Crippen LogP contribution is 2.18. The van der Waals surface area contributed by atoms with Crippen molar-refractivity contribution in [3.05, 3.63) is 0 Å². The fourth-order valence-electron chi connectivity index (χ4n) is 1.80. The summed E-state index contributed by atoms with van der Waals surface area (Å²) in [6.07, 6.45) is -0.338. The van der Waals surface area contributed by atoms with Crippen LogP contribution in [0.3, 0.4) is 0 Å². The maximum atomic E-state index is 11.7. The van der Waals surface area contributed by atoms with E-state index in [4.69, 9.17) is 16.3 Å². The van der Waals surface area contributed by atoms with Crippen LogP contribution in [0.2, 0.25) is 0 Å². The maximum Gasteiger partial charge on any atom is 0.410 e. The van der Waals surface area contributed by atoms with E-state index in [1.54, 1.807) is 6.92 Å². The summed E-state index contributed by atoms with van der Waals surface area (Å²) in [4.78, 5) is 24.2. The van der Waals surface area contributed by atoms with Crippen molar-refractivity contribution in [1.82, 2.24) is 4.90 Å². The van der Waals surface area contributed by atoms with Crippen LogP contribution >= 0.6 is 11.6 Å². The quantitative estimate of drug-likeness (QED) is 0.688. The summed E-state index contributed by atoms with van der Waals surface area (Å²) in [5, 5.41) is 0. The summed E-state index contributed by atoms with van der Waals surface area (Å²) in [5.41, 5.74) is 0. The van der Waals surface area contributed by atoms with E-state index in [9.17, 15) is 18.0 Å². The molecule has 1 rings (SSSR count). The number of rotatable bonds is 5. The van der Waals surface area contributed by atoms with Gasteiger partial charge >= 0.3 is 6.09 Å². The Labute approximate surface area is 111 Å². The predicted molar refractivity (Wildman–Crippen MR) is 66.5 cm³/mol. The van der Waals surface area contributed by atoms with Crippen LogP contribution in [0.15, 0.2) is 0 Å². The second-order valence-corrected chi connectivity index (χ2v) is 6.55. The molecular weight excluding hydrogens is 282 g/mol. The Balaban J connectivity index is 2.77. The number of sulfone groups is 1. The molecule has 0 spiro atoms. The molecule has 1 saturated heterocycles. The molecule has 0 aromatic rings. The minimum absolute atomic E-state index is 0.0304. The third-order valence-corrected chi connectivity index (χ3v) is 4.70. The van der Waals surface area contributed by atoms with E-state index in [1.165, 1.54) is 4.90 Å². The van der Waals surface area contributed by atoms with E-state index < -0.39 is 22.0 Å². The summed E-state index contributed by atoms with van der Waals surface area (Å²) in [6.45, 7) is 1.61. The first-order valence-corrected chi connectivity index (χ1v) is 7.96. The number of Topliss-reactive ketones (excluding diaryl/α,β-unsaturated/α-hetero) is 1. The lowest BCUT2D eigenvalue weighted by molar-refractivity contribution is -0.118. The lowest BCUT2D eigenvalue weighted by Gasteiger charge is -2.26. The van der Waals surface area contributed by atoms with Crippen LogP contribution in [0, 0.1) is 0 Å². The maximum absolute atomic E-state index is 11.7. The molecule has 0 saturated carbocycles. The normalized spacial score (nSPS) is 21.6. The van der Waals surface area contributed by atoms with Gasteiger partial charge in [-0.3, -0.25) is 9.69 Å². The van der Waals surface area contributed by atoms with Crippen LogP contribution in [0.5, 0.6) is 0 Å². The van der Waals surface area contributed by atoms with Gasteiger partial charge in [-0.15, -0.1) is 11.6 Å². The molecule has 8 heteroatoms. The van der Waals surface area contributed by atoms with Crippen LogP contribution in [-0.2, 0) is 19.4 Å². The minimum Gasteiger partial charge on any atom is -0.450 e. The topological polar surface area (TPSA) is 80.8 Å². The van der Waals surface area contributed by atoms with Crippen LogP contribution in [0.4, 0.5) is 4.79 Å². The number of ketones is 1. The van der Waals surface area contributed by atoms with Crippen molar-refractivity contribution in [1.29, 1.82) is 0 Å². The van der Waals surface area contributed by atoms with Gasteiger partial charge in [0.25, 0.3) is 0 Å². The molecule has 0 aromatic heterocycles. The average molecular weight is 298 g/mol. The molecule has 1 aliphatic heterocycles. The van der Waals surface area contributed by atoms with Crippen LogP contribution in [-0.4, -0.2) is 61.8 Å². The molecular formula is C10H16ClNO5S. The number of carbonyl (C=O) groups is 2. The van der Waals surface area contributed by atoms with Crippen molar-refractivity contribution in [3.8, 4) is 0 Å². The third kappa shape index (κ3) is 4.13. The molecule has 1 heterocycles. The lowest BCUT2D eigenvalue weighted by atomic mass is 10.2. The smallest absolute Gasteiger partial charge is 0.410 e. The Morgan fingerprint density at radius 1 is 1.44 bits per heavy atom. The highest BCUT2D eigenvalue weighted by atomic mass is 35.5. The number of hydrogen-bond acceptors (Lipinski definition) is 5. The molecule has 0 radical (unpaired) electrons. The van der Waals surface area contributed by atoms with E-state index in [0.717, 1.165) is 0 Å². The number of halogens is 1. The molecule has 1 aliphatic rings. The van der Waals surface area contributed by atoms with E-state index in [0.29, 0.717) is 6.42 Å². The number of nitrogens with zero attached hydrogens (tertiary/aromatic N) is 1. The second-order valence-electron chi connectivity index (χ2n) is 4.06. The summed E-state index contributed by atoms with van der Waals surface area (Å²) >= 11 is 5.39. The molecule has 104 valence electrons. The van der Waals surface area contributed by atoms with Crippen molar-refractivity contribution in [2.75, 3.05) is 30.5 Å². The van der Waals surface area contributed by atoms with Gasteiger partial charge in [0, 0.05) is 0 Å². The SMILES string of the molecule is CCOC(=O)N(CC(=O)CCl)C1CCS(=O)(=O)C1. The summed E-state index contributed by atoms with van der Waals surface area (Å²) < 4.78 is 27.6. The Morgan fingerprint density at radius 2 is 2.11 bits per heavy atom. The van der Waals surface area contributed by atoms with Crippen LogP contribution in [0.1, 0.15) is 13.3 Å². The van der Waals surface area contributed by atoms with Crippen molar-refractivity contribution < 1.29 is 22.7 Å². The molecule has 18 heavy (non-hydrogen) atoms. The van der Waals surface area contributed by atoms with E-state index >= 15 is 0 Å². The zero-order chi connectivity index (χ0) is 13.8. The molecule has 1 atom stereocenters. The highest BCUT2D eigenvalue weighted by Gasteiger charge is 2.36. The Hall–Kier alpha value is -0.820. The van der Waals surface area contributed by atoms with E-state index in [1.807, 2.05) is 0 Å². The fourth-order valence-corrected chi connectivity index (χ4v) is 3.62. The molecule has 0 bridgehead atoms. The molecule has 0 N–H and O–H groups in total. The van der Waals surface area contributed by atoms with Gasteiger partial charge in [0.1, 0.15) is 0 Å². The first kappa shape index (κ1) is 15.2. The molecule has 0 aliphatic carbocycles. The summed E-state index contributed by atoms with van der Waals surface area (Å²) in [6, 6.07) is -0.499. The van der Waals surface area contributed by atoms with Crippen LogP contribution in [0.25, 0.3) is 0 Å². The predicted octanol–water partition coefficient (Wildman–Crippen LogP) is 0.440. The number of carbonyl (C=O) groups excluding carboxylic acids is 2. The van der Waals surface area contributed by atoms with Crippen molar-refractivity contribution in [2.45, 2.75) is 19.4 Å². The van der Waals surface area contributed by atoms with Crippen LogP contribution < -0.4 is 0 Å². The van der Waals surface area contributed by atoms with Gasteiger partial charge in [0.05, 0.1) is 36.6 Å². The molecule has 1 amide bonds. The first-order valence-electron chi connectivity index (χ1n) is 5.61. The molecule has 0 aromatic carbocycles. The van der Waals surface area contributed by atoms with Gasteiger partial charge < -0.3 is 4.74 Å². The molecule has 1 fully saturated rings. The standard InChI is InChI=1S/C10H16ClNO5S/c1-2-17-10(14)12(6-9(13)5-11)8-3-4-18(15,16)7-8/h8H,2-7H2,1H3. The van der Waals surface area contributed by atoms with Gasteiger partial charge in [-0.25, -0.2) is 13.2 Å². The number of ether oxygens (including phenoxy) is 1. The van der Waals surface area contributed by atoms with Crippen molar-refractivity contribution >= 4 is 33.3 Å². The largest absolute Gasteiger partial charge is 0.450 e. The first-order chi connectivity index (χ1) is 8.39. The molecule has 6 nitrogen and oxygen atoms in total. The zero-order valence-corrected chi connectivity index (χ0v) is 11.7. The lowest BCUT2D eigenvalue weighted by Crippen LogP contribution is -2.44. The third-order valence-electron chi connectivity index (χ3n) is 2.65. The monoisotopic (exact) mass is 297 g/mol. The average Bonchev–Trinajstić information content (AvgIpc) is 2.66. The van der Waals surface area contributed by atoms with Gasteiger partial charge in [0.2, 0.25) is 0 Å². The molecule has 1 unspecified atom stereocenters.